The van der Waals surface area contributed by atoms with Crippen molar-refractivity contribution in [2.75, 3.05) is 20.3 Å². The van der Waals surface area contributed by atoms with Crippen molar-refractivity contribution in [1.29, 1.82) is 0 Å². The summed E-state index contributed by atoms with van der Waals surface area (Å²) in [5.74, 6) is -1.71. The molecule has 126 valence electrons. The molecule has 1 aromatic carbocycles. The summed E-state index contributed by atoms with van der Waals surface area (Å²) in [5, 5.41) is 0. The molecule has 0 atom stereocenters. The van der Waals surface area contributed by atoms with Gasteiger partial charge in [0.15, 0.2) is 0 Å². The van der Waals surface area contributed by atoms with Gasteiger partial charge in [0.25, 0.3) is 0 Å². The normalized spacial score (nSPS) is 10.1. The van der Waals surface area contributed by atoms with Crippen LogP contribution in [-0.2, 0) is 30.4 Å². The quantitative estimate of drug-likeness (QED) is 0.432. The van der Waals surface area contributed by atoms with Crippen molar-refractivity contribution in [3.05, 3.63) is 35.9 Å². The molecule has 1 amide bonds. The van der Waals surface area contributed by atoms with E-state index in [0.717, 1.165) is 10.5 Å². The van der Waals surface area contributed by atoms with Gasteiger partial charge in [-0.05, 0) is 19.4 Å². The topological polar surface area (TPSA) is 82.1 Å². The number of carbonyl (C=O) groups excluding carboxylic acids is 3. The Kier molecular flexibility index (Phi) is 7.59. The lowest BCUT2D eigenvalue weighted by atomic mass is 10.2. The van der Waals surface area contributed by atoms with E-state index in [2.05, 4.69) is 0 Å². The number of benzene rings is 1. The zero-order valence-corrected chi connectivity index (χ0v) is 13.5. The van der Waals surface area contributed by atoms with E-state index in [9.17, 15) is 14.4 Å². The summed E-state index contributed by atoms with van der Waals surface area (Å²) in [6.45, 7) is 3.41. The van der Waals surface area contributed by atoms with Gasteiger partial charge in [-0.3, -0.25) is 4.90 Å². The highest BCUT2D eigenvalue weighted by Gasteiger charge is 2.37. The van der Waals surface area contributed by atoms with Crippen molar-refractivity contribution in [1.82, 2.24) is 4.90 Å². The Morgan fingerprint density at radius 2 is 1.48 bits per heavy atom. The summed E-state index contributed by atoms with van der Waals surface area (Å²) in [4.78, 5) is 36.8. The lowest BCUT2D eigenvalue weighted by Crippen LogP contribution is -2.49. The predicted molar refractivity (Wildman–Crippen MR) is 81.4 cm³/mol. The predicted octanol–water partition coefficient (Wildman–Crippen LogP) is 1.75. The molecular formula is C16H21NO6. The fourth-order valence-corrected chi connectivity index (χ4v) is 1.78. The Labute approximate surface area is 135 Å². The van der Waals surface area contributed by atoms with Crippen molar-refractivity contribution >= 4 is 18.0 Å². The third-order valence-corrected chi connectivity index (χ3v) is 2.90. The summed E-state index contributed by atoms with van der Waals surface area (Å²) in [7, 11) is 1.28. The van der Waals surface area contributed by atoms with Crippen LogP contribution in [0.4, 0.5) is 4.79 Å². The number of hydrogen-bond acceptors (Lipinski definition) is 6. The first kappa shape index (κ1) is 18.5. The van der Waals surface area contributed by atoms with E-state index >= 15 is 0 Å². The molecule has 0 aromatic heterocycles. The molecule has 0 radical (unpaired) electrons. The van der Waals surface area contributed by atoms with Crippen LogP contribution in [0, 0.1) is 0 Å². The zero-order chi connectivity index (χ0) is 17.2. The molecule has 7 heteroatoms. The second-order valence-corrected chi connectivity index (χ2v) is 4.56. The van der Waals surface area contributed by atoms with E-state index in [4.69, 9.17) is 14.2 Å². The highest BCUT2D eigenvalue weighted by Crippen LogP contribution is 2.08. The highest BCUT2D eigenvalue weighted by atomic mass is 16.6. The number of ether oxygens (including phenoxy) is 3. The largest absolute Gasteiger partial charge is 0.464 e. The number of rotatable bonds is 7. The molecule has 0 spiro atoms. The van der Waals surface area contributed by atoms with Crippen molar-refractivity contribution < 1.29 is 28.6 Å². The maximum Gasteiger partial charge on any atom is 0.411 e. The molecule has 0 aliphatic heterocycles. The molecule has 0 unspecified atom stereocenters. The van der Waals surface area contributed by atoms with Gasteiger partial charge in [-0.1, -0.05) is 30.3 Å². The number of esters is 2. The van der Waals surface area contributed by atoms with Crippen LogP contribution in [0.2, 0.25) is 0 Å². The molecule has 1 aromatic rings. The maximum absolute atomic E-state index is 12.1. The van der Waals surface area contributed by atoms with Crippen LogP contribution >= 0.6 is 0 Å². The number of hydrogen-bond donors (Lipinski definition) is 0. The zero-order valence-electron chi connectivity index (χ0n) is 13.5. The second kappa shape index (κ2) is 9.45. The summed E-state index contributed by atoms with van der Waals surface area (Å²) in [6.07, 6.45) is -0.819. The van der Waals surface area contributed by atoms with Gasteiger partial charge in [0.05, 0.1) is 13.2 Å². The Balaban J connectivity index is 2.73. The number of nitrogens with zero attached hydrogens (tertiary/aromatic N) is 1. The molecule has 0 saturated heterocycles. The Bertz CT molecular complexity index is 513. The number of carbonyl (C=O) groups is 3. The Morgan fingerprint density at radius 3 is 1.96 bits per heavy atom. The summed E-state index contributed by atoms with van der Waals surface area (Å²) in [6, 6.07) is 7.57. The van der Waals surface area contributed by atoms with Gasteiger partial charge in [-0.25, -0.2) is 14.4 Å². The van der Waals surface area contributed by atoms with Crippen LogP contribution in [0.15, 0.2) is 30.3 Å². The van der Waals surface area contributed by atoms with Gasteiger partial charge < -0.3 is 14.2 Å². The minimum atomic E-state index is -1.49. The van der Waals surface area contributed by atoms with Gasteiger partial charge >= 0.3 is 18.0 Å². The first-order chi connectivity index (χ1) is 11.0. The van der Waals surface area contributed by atoms with Crippen LogP contribution in [-0.4, -0.2) is 49.2 Å². The fourth-order valence-electron chi connectivity index (χ4n) is 1.78. The lowest BCUT2D eigenvalue weighted by molar-refractivity contribution is -0.162. The van der Waals surface area contributed by atoms with E-state index in [1.54, 1.807) is 26.0 Å². The molecule has 0 fully saturated rings. The lowest BCUT2D eigenvalue weighted by Gasteiger charge is -2.24. The van der Waals surface area contributed by atoms with Crippen LogP contribution < -0.4 is 0 Å². The van der Waals surface area contributed by atoms with E-state index in [1.165, 1.54) is 7.05 Å². The minimum Gasteiger partial charge on any atom is -0.464 e. The molecule has 0 bridgehead atoms. The monoisotopic (exact) mass is 323 g/mol. The minimum absolute atomic E-state index is 0.0301. The summed E-state index contributed by atoms with van der Waals surface area (Å²) < 4.78 is 14.7. The van der Waals surface area contributed by atoms with Gasteiger partial charge in [0, 0.05) is 7.05 Å². The Hall–Kier alpha value is -2.57. The van der Waals surface area contributed by atoms with E-state index < -0.39 is 24.1 Å². The molecule has 7 nitrogen and oxygen atoms in total. The van der Waals surface area contributed by atoms with Crippen LogP contribution in [0.1, 0.15) is 19.4 Å². The number of amides is 1. The Morgan fingerprint density at radius 1 is 0.957 bits per heavy atom. The molecule has 1 rings (SSSR count). The molecule has 0 aliphatic carbocycles. The summed E-state index contributed by atoms with van der Waals surface area (Å²) in [5.41, 5.74) is 0.790. The van der Waals surface area contributed by atoms with Crippen LogP contribution in [0.25, 0.3) is 0 Å². The van der Waals surface area contributed by atoms with Crippen molar-refractivity contribution in [2.45, 2.75) is 26.5 Å². The van der Waals surface area contributed by atoms with Crippen LogP contribution in [0.3, 0.4) is 0 Å². The standard InChI is InChI=1S/C16H21NO6/c1-4-21-14(18)13(15(19)22-5-2)17(3)16(20)23-11-12-9-7-6-8-10-12/h6-10,13H,4-5,11H2,1-3H3. The SMILES string of the molecule is CCOC(=O)C(C(=O)OCC)N(C)C(=O)OCc1ccccc1. The van der Waals surface area contributed by atoms with E-state index in [1.807, 2.05) is 18.2 Å². The van der Waals surface area contributed by atoms with Crippen molar-refractivity contribution in [3.63, 3.8) is 0 Å². The fraction of sp³-hybridized carbons (Fsp3) is 0.438. The number of likely N-dealkylation sites (N-methyl/N-ethyl adjacent to an activating group) is 1. The first-order valence-electron chi connectivity index (χ1n) is 7.28. The average molecular weight is 323 g/mol. The molecule has 23 heavy (non-hydrogen) atoms. The van der Waals surface area contributed by atoms with Crippen LogP contribution in [0.5, 0.6) is 0 Å². The van der Waals surface area contributed by atoms with Crippen molar-refractivity contribution in [3.8, 4) is 0 Å². The average Bonchev–Trinajstić information content (AvgIpc) is 2.54. The molecule has 0 N–H and O–H groups in total. The van der Waals surface area contributed by atoms with Crippen molar-refractivity contribution in [2.24, 2.45) is 0 Å². The van der Waals surface area contributed by atoms with Gasteiger partial charge in [-0.15, -0.1) is 0 Å². The molecular weight excluding hydrogens is 302 g/mol. The van der Waals surface area contributed by atoms with Gasteiger partial charge in [-0.2, -0.15) is 0 Å². The first-order valence-corrected chi connectivity index (χ1v) is 7.28. The molecule has 0 aliphatic rings. The molecule has 0 heterocycles. The second-order valence-electron chi connectivity index (χ2n) is 4.56. The maximum atomic E-state index is 12.1. The van der Waals surface area contributed by atoms with Gasteiger partial charge in [0.1, 0.15) is 6.61 Å². The third-order valence-electron chi connectivity index (χ3n) is 2.90. The smallest absolute Gasteiger partial charge is 0.411 e. The highest BCUT2D eigenvalue weighted by molar-refractivity contribution is 6.01. The summed E-state index contributed by atoms with van der Waals surface area (Å²) >= 11 is 0. The third kappa shape index (κ3) is 5.61. The van der Waals surface area contributed by atoms with E-state index in [-0.39, 0.29) is 19.8 Å². The molecule has 0 saturated carbocycles. The van der Waals surface area contributed by atoms with E-state index in [0.29, 0.717) is 0 Å². The van der Waals surface area contributed by atoms with Gasteiger partial charge in [0.2, 0.25) is 6.04 Å².